The molecular weight excluding hydrogens is 162 g/mol. The van der Waals surface area contributed by atoms with Gasteiger partial charge in [0.25, 0.3) is 0 Å². The van der Waals surface area contributed by atoms with Gasteiger partial charge in [0.15, 0.2) is 5.65 Å². The van der Waals surface area contributed by atoms with Crippen molar-refractivity contribution in [3.63, 3.8) is 0 Å². The minimum absolute atomic E-state index is 0.882. The summed E-state index contributed by atoms with van der Waals surface area (Å²) in [5.41, 5.74) is 3.31. The Labute approximate surface area is 76.7 Å². The van der Waals surface area contributed by atoms with Gasteiger partial charge in [-0.15, -0.1) is 0 Å². The molecule has 0 aliphatic rings. The van der Waals surface area contributed by atoms with Gasteiger partial charge >= 0.3 is 0 Å². The Morgan fingerprint density at radius 1 is 1.46 bits per heavy atom. The van der Waals surface area contributed by atoms with E-state index < -0.39 is 0 Å². The molecule has 0 amide bonds. The molecule has 0 radical (unpaired) electrons. The van der Waals surface area contributed by atoms with E-state index in [1.807, 2.05) is 19.2 Å². The highest BCUT2D eigenvalue weighted by Gasteiger charge is 1.97. The van der Waals surface area contributed by atoms with Crippen LogP contribution >= 0.6 is 0 Å². The van der Waals surface area contributed by atoms with Crippen molar-refractivity contribution < 1.29 is 0 Å². The van der Waals surface area contributed by atoms with Crippen molar-refractivity contribution in [1.82, 2.24) is 14.6 Å². The van der Waals surface area contributed by atoms with Crippen molar-refractivity contribution in [2.45, 2.75) is 13.8 Å². The average molecular weight is 173 g/mol. The van der Waals surface area contributed by atoms with Gasteiger partial charge < -0.3 is 0 Å². The van der Waals surface area contributed by atoms with Crippen LogP contribution in [0.2, 0.25) is 0 Å². The zero-order chi connectivity index (χ0) is 9.26. The minimum Gasteiger partial charge on any atom is -0.221 e. The molecule has 13 heavy (non-hydrogen) atoms. The normalized spacial score (nSPS) is 12.3. The molecular formula is C10H11N3. The van der Waals surface area contributed by atoms with E-state index in [2.05, 4.69) is 29.1 Å². The van der Waals surface area contributed by atoms with E-state index in [0.29, 0.717) is 0 Å². The van der Waals surface area contributed by atoms with E-state index in [0.717, 1.165) is 5.65 Å². The van der Waals surface area contributed by atoms with E-state index in [-0.39, 0.29) is 0 Å². The maximum atomic E-state index is 4.08. The highest BCUT2D eigenvalue weighted by Crippen LogP contribution is 2.13. The zero-order valence-corrected chi connectivity index (χ0v) is 7.73. The van der Waals surface area contributed by atoms with Crippen molar-refractivity contribution in [2.24, 2.45) is 0 Å². The predicted octanol–water partition coefficient (Wildman–Crippen LogP) is 2.15. The van der Waals surface area contributed by atoms with Crippen LogP contribution in [0.15, 0.2) is 30.7 Å². The summed E-state index contributed by atoms with van der Waals surface area (Å²) in [6, 6.07) is 4.02. The van der Waals surface area contributed by atoms with Crippen LogP contribution in [-0.4, -0.2) is 14.6 Å². The summed E-state index contributed by atoms with van der Waals surface area (Å²) in [5, 5.41) is 4.07. The van der Waals surface area contributed by atoms with Gasteiger partial charge in [-0.3, -0.25) is 0 Å². The first-order chi connectivity index (χ1) is 6.31. The summed E-state index contributed by atoms with van der Waals surface area (Å²) < 4.78 is 1.78. The van der Waals surface area contributed by atoms with E-state index in [9.17, 15) is 0 Å². The first-order valence-corrected chi connectivity index (χ1v) is 4.24. The lowest BCUT2D eigenvalue weighted by atomic mass is 10.1. The molecule has 0 aliphatic carbocycles. The molecule has 2 aromatic rings. The van der Waals surface area contributed by atoms with Crippen molar-refractivity contribution in [2.75, 3.05) is 0 Å². The topological polar surface area (TPSA) is 30.2 Å². The summed E-state index contributed by atoms with van der Waals surface area (Å²) in [5.74, 6) is 0. The first-order valence-electron chi connectivity index (χ1n) is 4.24. The van der Waals surface area contributed by atoms with Gasteiger partial charge in [0, 0.05) is 6.20 Å². The third kappa shape index (κ3) is 1.33. The molecule has 66 valence electrons. The van der Waals surface area contributed by atoms with E-state index in [4.69, 9.17) is 0 Å². The second kappa shape index (κ2) is 3.01. The summed E-state index contributed by atoms with van der Waals surface area (Å²) in [4.78, 5) is 4.08. The van der Waals surface area contributed by atoms with Crippen LogP contribution in [0.5, 0.6) is 0 Å². The number of aromatic nitrogens is 3. The molecule has 0 N–H and O–H groups in total. The van der Waals surface area contributed by atoms with Crippen LogP contribution in [0.25, 0.3) is 11.2 Å². The van der Waals surface area contributed by atoms with Gasteiger partial charge in [-0.2, -0.15) is 5.10 Å². The van der Waals surface area contributed by atoms with Gasteiger partial charge in [0.2, 0.25) is 0 Å². The Hall–Kier alpha value is -1.64. The van der Waals surface area contributed by atoms with Crippen molar-refractivity contribution >= 4 is 11.2 Å². The van der Waals surface area contributed by atoms with E-state index in [1.165, 1.54) is 11.1 Å². The fourth-order valence-corrected chi connectivity index (χ4v) is 1.22. The van der Waals surface area contributed by atoms with Crippen LogP contribution in [0.3, 0.4) is 0 Å². The highest BCUT2D eigenvalue weighted by molar-refractivity contribution is 5.63. The molecule has 2 aromatic heterocycles. The predicted molar refractivity (Wildman–Crippen MR) is 52.3 cm³/mol. The lowest BCUT2D eigenvalue weighted by Crippen LogP contribution is -1.89. The lowest BCUT2D eigenvalue weighted by molar-refractivity contribution is 0.957. The quantitative estimate of drug-likeness (QED) is 0.661. The maximum Gasteiger partial charge on any atom is 0.155 e. The van der Waals surface area contributed by atoms with Crippen LogP contribution in [0.4, 0.5) is 0 Å². The number of pyridine rings is 1. The molecule has 0 aromatic carbocycles. The Balaban J connectivity index is 2.60. The largest absolute Gasteiger partial charge is 0.221 e. The van der Waals surface area contributed by atoms with Crippen molar-refractivity contribution in [1.29, 1.82) is 0 Å². The number of allylic oxidation sites excluding steroid dienone is 2. The third-order valence-electron chi connectivity index (χ3n) is 2.16. The van der Waals surface area contributed by atoms with Gasteiger partial charge in [-0.05, 0) is 37.1 Å². The Morgan fingerprint density at radius 3 is 3.08 bits per heavy atom. The number of hydrogen-bond acceptors (Lipinski definition) is 2. The average Bonchev–Trinajstić information content (AvgIpc) is 2.63. The van der Waals surface area contributed by atoms with Crippen molar-refractivity contribution in [3.05, 3.63) is 36.3 Å². The lowest BCUT2D eigenvalue weighted by Gasteiger charge is -2.00. The van der Waals surface area contributed by atoms with Crippen LogP contribution < -0.4 is 0 Å². The molecule has 3 nitrogen and oxygen atoms in total. The fourth-order valence-electron chi connectivity index (χ4n) is 1.22. The second-order valence-electron chi connectivity index (χ2n) is 2.95. The van der Waals surface area contributed by atoms with E-state index >= 15 is 0 Å². The molecule has 0 saturated carbocycles. The second-order valence-corrected chi connectivity index (χ2v) is 2.95. The van der Waals surface area contributed by atoms with Gasteiger partial charge in [-0.1, -0.05) is 6.08 Å². The fraction of sp³-hybridized carbons (Fsp3) is 0.200. The van der Waals surface area contributed by atoms with E-state index in [1.54, 1.807) is 10.8 Å². The number of fused-ring (bicyclic) bond motifs is 1. The summed E-state index contributed by atoms with van der Waals surface area (Å²) in [6.07, 6.45) is 5.62. The van der Waals surface area contributed by atoms with Crippen LogP contribution in [-0.2, 0) is 0 Å². The summed E-state index contributed by atoms with van der Waals surface area (Å²) in [6.45, 7) is 4.11. The smallest absolute Gasteiger partial charge is 0.155 e. The summed E-state index contributed by atoms with van der Waals surface area (Å²) in [7, 11) is 0. The van der Waals surface area contributed by atoms with Crippen LogP contribution in [0.1, 0.15) is 19.4 Å². The van der Waals surface area contributed by atoms with Gasteiger partial charge in [0.1, 0.15) is 6.33 Å². The molecule has 0 bridgehead atoms. The Morgan fingerprint density at radius 2 is 2.31 bits per heavy atom. The molecule has 0 saturated heterocycles. The van der Waals surface area contributed by atoms with Crippen LogP contribution in [0, 0.1) is 0 Å². The Bertz CT molecular complexity index is 454. The first kappa shape index (κ1) is 7.98. The molecule has 2 heterocycles. The number of hydrogen-bond donors (Lipinski definition) is 0. The standard InChI is InChI=1S/C10H11N3/c1-3-8(2)9-4-5-10-11-7-12-13(10)6-9/h3-7H,1-2H3/b8-3-. The van der Waals surface area contributed by atoms with Gasteiger partial charge in [0.05, 0.1) is 0 Å². The molecule has 0 unspecified atom stereocenters. The zero-order valence-electron chi connectivity index (χ0n) is 7.73. The number of nitrogens with zero attached hydrogens (tertiary/aromatic N) is 3. The maximum absolute atomic E-state index is 4.08. The summed E-state index contributed by atoms with van der Waals surface area (Å²) >= 11 is 0. The highest BCUT2D eigenvalue weighted by atomic mass is 15.3. The molecule has 3 heteroatoms. The van der Waals surface area contributed by atoms with Gasteiger partial charge in [-0.25, -0.2) is 9.50 Å². The van der Waals surface area contributed by atoms with Crippen molar-refractivity contribution in [3.8, 4) is 0 Å². The monoisotopic (exact) mass is 173 g/mol. The minimum atomic E-state index is 0.882. The molecule has 2 rings (SSSR count). The molecule has 0 aliphatic heterocycles. The molecule has 0 spiro atoms. The molecule has 0 atom stereocenters. The Kier molecular flexibility index (Phi) is 1.85. The molecule has 0 fully saturated rings. The third-order valence-corrected chi connectivity index (χ3v) is 2.16. The SMILES string of the molecule is C/C=C(/C)c1ccc2ncnn2c1. The number of rotatable bonds is 1.